The van der Waals surface area contributed by atoms with Gasteiger partial charge in [-0.1, -0.05) is 60.7 Å². The molecular weight excluding hydrogens is 342 g/mol. The summed E-state index contributed by atoms with van der Waals surface area (Å²) in [6.07, 6.45) is 6.01. The third-order valence-corrected chi connectivity index (χ3v) is 6.76. The number of fused-ring (bicyclic) bond motifs is 1. The third-order valence-electron chi connectivity index (χ3n) is 5.53. The van der Waals surface area contributed by atoms with E-state index < -0.39 is 0 Å². The van der Waals surface area contributed by atoms with Crippen molar-refractivity contribution in [2.75, 3.05) is 0 Å². The van der Waals surface area contributed by atoms with Crippen LogP contribution in [0.25, 0.3) is 5.57 Å². The molecule has 3 aliphatic rings. The molecule has 2 aliphatic carbocycles. The topological polar surface area (TPSA) is 9.23 Å². The van der Waals surface area contributed by atoms with Crippen LogP contribution in [-0.2, 0) is 4.74 Å². The second-order valence-electron chi connectivity index (χ2n) is 6.67. The smallest absolute Gasteiger partial charge is 0.0952 e. The summed E-state index contributed by atoms with van der Waals surface area (Å²) in [4.78, 5) is 0. The number of rotatable bonds is 2. The van der Waals surface area contributed by atoms with Crippen LogP contribution in [0.2, 0.25) is 0 Å². The first-order chi connectivity index (χ1) is 12.2. The molecule has 2 aromatic rings. The molecule has 0 amide bonds. The zero-order chi connectivity index (χ0) is 17.0. The molecule has 4 atom stereocenters. The van der Waals surface area contributed by atoms with Gasteiger partial charge in [0, 0.05) is 11.5 Å². The van der Waals surface area contributed by atoms with Crippen LogP contribution >= 0.6 is 18.5 Å². The van der Waals surface area contributed by atoms with Gasteiger partial charge in [0.25, 0.3) is 0 Å². The Morgan fingerprint density at radius 3 is 2.24 bits per heavy atom. The highest BCUT2D eigenvalue weighted by Gasteiger charge is 2.58. The van der Waals surface area contributed by atoms with Crippen molar-refractivity contribution in [3.8, 4) is 0 Å². The summed E-state index contributed by atoms with van der Waals surface area (Å²) < 4.78 is 5.59. The van der Waals surface area contributed by atoms with E-state index in [1.807, 2.05) is 12.5 Å². The number of allylic oxidation sites excluding steroid dienone is 6. The summed E-state index contributed by atoms with van der Waals surface area (Å²) in [5, 5.41) is 2.58. The van der Waals surface area contributed by atoms with Crippen LogP contribution in [-0.4, -0.2) is 0 Å². The van der Waals surface area contributed by atoms with Crippen LogP contribution in [0, 0.1) is 5.41 Å². The normalized spacial score (nSPS) is 26.6. The standard InChI is InChI=1S/C22H18OP2/c24-20-16-13-23-12-11-22(16)18(14-7-3-1-4-8-14)17(20)21(25)19(22)15-9-5-2-6-10-15/h1-13,18H,24-25H2. The minimum atomic E-state index is -0.190. The quantitative estimate of drug-likeness (QED) is 0.631. The SMILES string of the molecule is PC1=C2C(P)=C(c3ccccc3)C3(C=COC=C13)C2c1ccccc1. The highest BCUT2D eigenvalue weighted by atomic mass is 31.0. The molecule has 122 valence electrons. The van der Waals surface area contributed by atoms with Gasteiger partial charge in [0.1, 0.15) is 0 Å². The van der Waals surface area contributed by atoms with Gasteiger partial charge in [-0.25, -0.2) is 0 Å². The van der Waals surface area contributed by atoms with Crippen molar-refractivity contribution in [2.45, 2.75) is 5.92 Å². The van der Waals surface area contributed by atoms with Crippen LogP contribution in [0.4, 0.5) is 0 Å². The largest absolute Gasteiger partial charge is 0.473 e. The van der Waals surface area contributed by atoms with Crippen LogP contribution in [0.1, 0.15) is 17.0 Å². The maximum atomic E-state index is 5.59. The minimum absolute atomic E-state index is 0.190. The summed E-state index contributed by atoms with van der Waals surface area (Å²) >= 11 is 0. The monoisotopic (exact) mass is 360 g/mol. The minimum Gasteiger partial charge on any atom is -0.473 e. The molecule has 0 N–H and O–H groups in total. The Morgan fingerprint density at radius 1 is 0.840 bits per heavy atom. The van der Waals surface area contributed by atoms with Crippen LogP contribution in [0.15, 0.2) is 101 Å². The second-order valence-corrected chi connectivity index (χ2v) is 7.82. The summed E-state index contributed by atoms with van der Waals surface area (Å²) in [6, 6.07) is 21.5. The Kier molecular flexibility index (Phi) is 3.39. The lowest BCUT2D eigenvalue weighted by Gasteiger charge is -2.36. The van der Waals surface area contributed by atoms with E-state index in [4.69, 9.17) is 4.74 Å². The van der Waals surface area contributed by atoms with Gasteiger partial charge in [-0.15, -0.1) is 18.5 Å². The molecular formula is C22H18OP2. The van der Waals surface area contributed by atoms with E-state index in [0.717, 1.165) is 0 Å². The van der Waals surface area contributed by atoms with Gasteiger partial charge in [-0.2, -0.15) is 0 Å². The highest BCUT2D eigenvalue weighted by molar-refractivity contribution is 7.25. The Bertz CT molecular complexity index is 983. The van der Waals surface area contributed by atoms with E-state index in [-0.39, 0.29) is 11.3 Å². The number of hydrogen-bond acceptors (Lipinski definition) is 1. The van der Waals surface area contributed by atoms with Crippen LogP contribution in [0.3, 0.4) is 0 Å². The number of benzene rings is 2. The first kappa shape index (κ1) is 15.3. The number of hydrogen-bond donors (Lipinski definition) is 0. The summed E-state index contributed by atoms with van der Waals surface area (Å²) in [6.45, 7) is 0. The fourth-order valence-corrected chi connectivity index (χ4v) is 6.13. The molecule has 2 aromatic carbocycles. The molecule has 2 bridgehead atoms. The van der Waals surface area contributed by atoms with Crippen molar-refractivity contribution in [3.05, 3.63) is 112 Å². The first-order valence-corrected chi connectivity index (χ1v) is 9.55. The van der Waals surface area contributed by atoms with Crippen molar-refractivity contribution in [1.82, 2.24) is 0 Å². The lowest BCUT2D eigenvalue weighted by molar-refractivity contribution is 0.362. The van der Waals surface area contributed by atoms with Gasteiger partial charge in [-0.3, -0.25) is 0 Å². The Hall–Kier alpha value is -1.94. The molecule has 1 spiro atoms. The van der Waals surface area contributed by atoms with Crippen LogP contribution < -0.4 is 0 Å². The molecule has 5 rings (SSSR count). The predicted molar refractivity (Wildman–Crippen MR) is 110 cm³/mol. The van der Waals surface area contributed by atoms with E-state index in [2.05, 4.69) is 85.2 Å². The highest BCUT2D eigenvalue weighted by Crippen LogP contribution is 2.72. The van der Waals surface area contributed by atoms with E-state index in [0.29, 0.717) is 0 Å². The predicted octanol–water partition coefficient (Wildman–Crippen LogP) is 5.63. The lowest BCUT2D eigenvalue weighted by Crippen LogP contribution is -2.26. The zero-order valence-corrected chi connectivity index (χ0v) is 16.0. The Morgan fingerprint density at radius 2 is 1.52 bits per heavy atom. The van der Waals surface area contributed by atoms with Crippen LogP contribution in [0.5, 0.6) is 0 Å². The molecule has 1 aliphatic heterocycles. The van der Waals surface area contributed by atoms with Gasteiger partial charge in [0.05, 0.1) is 17.9 Å². The van der Waals surface area contributed by atoms with Gasteiger partial charge < -0.3 is 4.74 Å². The van der Waals surface area contributed by atoms with Gasteiger partial charge in [0.15, 0.2) is 0 Å². The average molecular weight is 360 g/mol. The molecule has 0 fully saturated rings. The van der Waals surface area contributed by atoms with Crippen molar-refractivity contribution in [1.29, 1.82) is 0 Å². The second kappa shape index (κ2) is 5.53. The van der Waals surface area contributed by atoms with Crippen molar-refractivity contribution >= 4 is 24.1 Å². The van der Waals surface area contributed by atoms with Crippen molar-refractivity contribution in [3.63, 3.8) is 0 Å². The maximum absolute atomic E-state index is 5.59. The maximum Gasteiger partial charge on any atom is 0.0952 e. The van der Waals surface area contributed by atoms with Crippen molar-refractivity contribution in [2.24, 2.45) is 5.41 Å². The van der Waals surface area contributed by atoms with E-state index in [1.165, 1.54) is 38.5 Å². The third kappa shape index (κ3) is 1.92. The fraction of sp³-hybridized carbons (Fsp3) is 0.0909. The van der Waals surface area contributed by atoms with Crippen molar-refractivity contribution < 1.29 is 4.74 Å². The summed E-state index contributed by atoms with van der Waals surface area (Å²) in [7, 11) is 5.97. The zero-order valence-electron chi connectivity index (χ0n) is 13.6. The lowest BCUT2D eigenvalue weighted by atomic mass is 9.67. The molecule has 1 nitrogen and oxygen atoms in total. The summed E-state index contributed by atoms with van der Waals surface area (Å²) in [5.74, 6) is 0.287. The van der Waals surface area contributed by atoms with E-state index >= 15 is 0 Å². The molecule has 0 saturated carbocycles. The van der Waals surface area contributed by atoms with Gasteiger partial charge in [-0.05, 0) is 39.0 Å². The Balaban J connectivity index is 1.83. The molecule has 0 saturated heterocycles. The first-order valence-electron chi connectivity index (χ1n) is 8.40. The molecule has 3 heteroatoms. The molecule has 1 heterocycles. The average Bonchev–Trinajstić information content (AvgIpc) is 3.07. The fourth-order valence-electron chi connectivity index (χ4n) is 4.60. The molecule has 4 unspecified atom stereocenters. The Labute approximate surface area is 152 Å². The van der Waals surface area contributed by atoms with E-state index in [1.54, 1.807) is 0 Å². The summed E-state index contributed by atoms with van der Waals surface area (Å²) in [5.41, 5.74) is 6.45. The van der Waals surface area contributed by atoms with Gasteiger partial charge >= 0.3 is 0 Å². The van der Waals surface area contributed by atoms with E-state index in [9.17, 15) is 0 Å². The number of ether oxygens (including phenoxy) is 1. The molecule has 0 radical (unpaired) electrons. The molecule has 0 aromatic heterocycles. The van der Waals surface area contributed by atoms with Gasteiger partial charge in [0.2, 0.25) is 0 Å². The molecule has 25 heavy (non-hydrogen) atoms.